The molecule has 174 valence electrons. The van der Waals surface area contributed by atoms with Gasteiger partial charge in [0, 0.05) is 31.2 Å². The first-order valence-electron chi connectivity index (χ1n) is 11.8. The maximum atomic E-state index is 14.8. The summed E-state index contributed by atoms with van der Waals surface area (Å²) < 4.78 is 16.5. The van der Waals surface area contributed by atoms with Crippen LogP contribution >= 0.6 is 0 Å². The van der Waals surface area contributed by atoms with Crippen LogP contribution < -0.4 is 11.1 Å². The zero-order valence-electron chi connectivity index (χ0n) is 19.5. The van der Waals surface area contributed by atoms with Crippen molar-refractivity contribution in [3.05, 3.63) is 70.9 Å². The number of nitrogens with zero attached hydrogens (tertiary/aromatic N) is 5. The number of nitrogens with one attached hydrogen (secondary N) is 1. The first-order chi connectivity index (χ1) is 16.4. The lowest BCUT2D eigenvalue weighted by atomic mass is 9.82. The third-order valence-corrected chi connectivity index (χ3v) is 7.06. The van der Waals surface area contributed by atoms with Crippen LogP contribution in [0.2, 0.25) is 0 Å². The monoisotopic (exact) mass is 457 g/mol. The van der Waals surface area contributed by atoms with Crippen LogP contribution in [0.15, 0.2) is 42.7 Å². The Balaban J connectivity index is 1.38. The van der Waals surface area contributed by atoms with Crippen molar-refractivity contribution < 1.29 is 4.39 Å². The molecule has 1 aliphatic heterocycles. The first kappa shape index (κ1) is 21.2. The zero-order chi connectivity index (χ0) is 23.4. The summed E-state index contributed by atoms with van der Waals surface area (Å²) in [5.41, 5.74) is 12.1. The molecule has 0 bridgehead atoms. The third kappa shape index (κ3) is 3.63. The fourth-order valence-corrected chi connectivity index (χ4v) is 5.18. The predicted octanol–water partition coefficient (Wildman–Crippen LogP) is 4.20. The molecule has 4 aromatic rings. The molecule has 3 N–H and O–H groups in total. The number of anilines is 2. The van der Waals surface area contributed by atoms with Gasteiger partial charge in [-0.3, -0.25) is 4.57 Å². The lowest BCUT2D eigenvalue weighted by molar-refractivity contribution is 0.313. The Morgan fingerprint density at radius 3 is 2.82 bits per heavy atom. The van der Waals surface area contributed by atoms with Crippen LogP contribution in [0, 0.1) is 5.82 Å². The van der Waals surface area contributed by atoms with E-state index in [1.165, 1.54) is 23.5 Å². The van der Waals surface area contributed by atoms with E-state index in [1.807, 2.05) is 19.1 Å². The van der Waals surface area contributed by atoms with E-state index >= 15 is 0 Å². The average molecular weight is 458 g/mol. The summed E-state index contributed by atoms with van der Waals surface area (Å²) in [5, 5.41) is 3.65. The molecule has 2 aliphatic rings. The lowest BCUT2D eigenvalue weighted by Crippen LogP contribution is -2.38. The van der Waals surface area contributed by atoms with Gasteiger partial charge in [0.15, 0.2) is 11.5 Å². The lowest BCUT2D eigenvalue weighted by Gasteiger charge is -2.31. The van der Waals surface area contributed by atoms with Gasteiger partial charge in [-0.05, 0) is 74.5 Å². The highest BCUT2D eigenvalue weighted by molar-refractivity contribution is 5.79. The van der Waals surface area contributed by atoms with Gasteiger partial charge in [0.1, 0.15) is 5.82 Å². The number of aromatic nitrogens is 4. The van der Waals surface area contributed by atoms with E-state index in [-0.39, 0.29) is 5.82 Å². The van der Waals surface area contributed by atoms with Crippen LogP contribution in [0.5, 0.6) is 0 Å². The van der Waals surface area contributed by atoms with Crippen molar-refractivity contribution in [3.8, 4) is 5.82 Å². The topological polar surface area (TPSA) is 84.9 Å². The van der Waals surface area contributed by atoms with Gasteiger partial charge in [-0.1, -0.05) is 12.1 Å². The molecule has 0 saturated carbocycles. The minimum absolute atomic E-state index is 0.354. The van der Waals surface area contributed by atoms with E-state index in [9.17, 15) is 4.39 Å². The van der Waals surface area contributed by atoms with Crippen LogP contribution in [0.4, 0.5) is 16.0 Å². The van der Waals surface area contributed by atoms with E-state index < -0.39 is 5.54 Å². The minimum atomic E-state index is -0.493. The van der Waals surface area contributed by atoms with Crippen LogP contribution in [0.25, 0.3) is 16.9 Å². The molecule has 6 rings (SSSR count). The van der Waals surface area contributed by atoms with E-state index in [4.69, 9.17) is 10.7 Å². The van der Waals surface area contributed by atoms with Crippen LogP contribution in [-0.4, -0.2) is 38.0 Å². The maximum Gasteiger partial charge on any atom is 0.229 e. The van der Waals surface area contributed by atoms with E-state index in [2.05, 4.69) is 45.4 Å². The molecule has 3 aromatic heterocycles. The van der Waals surface area contributed by atoms with Gasteiger partial charge in [0.05, 0.1) is 16.6 Å². The summed E-state index contributed by atoms with van der Waals surface area (Å²) in [6.07, 6.45) is 6.88. The molecular weight excluding hydrogens is 429 g/mol. The number of hydrogen-bond acceptors (Lipinski definition) is 6. The Morgan fingerprint density at radius 1 is 1.09 bits per heavy atom. The molecule has 4 heterocycles. The second-order valence-electron chi connectivity index (χ2n) is 9.82. The van der Waals surface area contributed by atoms with E-state index in [0.717, 1.165) is 55.7 Å². The Bertz CT molecular complexity index is 1410. The minimum Gasteiger partial charge on any atom is -0.324 e. The largest absolute Gasteiger partial charge is 0.324 e. The summed E-state index contributed by atoms with van der Waals surface area (Å²) in [7, 11) is 2.13. The molecule has 0 spiro atoms. The highest BCUT2D eigenvalue weighted by atomic mass is 19.1. The molecule has 8 heteroatoms. The number of nitrogens with two attached hydrogens (primary N) is 1. The summed E-state index contributed by atoms with van der Waals surface area (Å²) in [6, 6.07) is 10.3. The summed E-state index contributed by atoms with van der Waals surface area (Å²) in [4.78, 5) is 16.2. The smallest absolute Gasteiger partial charge is 0.229 e. The van der Waals surface area contributed by atoms with Crippen molar-refractivity contribution in [2.45, 2.75) is 44.7 Å². The standard InChI is InChI=1S/C26H28FN7/c1-26(28)10-3-4-17-6-8-22(31-23(17)26)34-15-21(27)20-13-29-25(32-24(20)34)30-19-7-5-16-9-11-33(2)14-18(16)12-19/h5-8,12-13,15H,3-4,9-11,14,28H2,1-2H3,(H,29,30,32). The molecule has 0 fully saturated rings. The normalized spacial score (nSPS) is 20.2. The number of pyridine rings is 1. The second kappa shape index (κ2) is 7.85. The van der Waals surface area contributed by atoms with Gasteiger partial charge in [0.2, 0.25) is 5.95 Å². The van der Waals surface area contributed by atoms with Crippen molar-refractivity contribution in [2.24, 2.45) is 5.73 Å². The molecular formula is C26H28FN7. The van der Waals surface area contributed by atoms with Gasteiger partial charge < -0.3 is 16.0 Å². The second-order valence-corrected chi connectivity index (χ2v) is 9.82. The van der Waals surface area contributed by atoms with Gasteiger partial charge in [-0.25, -0.2) is 14.4 Å². The summed E-state index contributed by atoms with van der Waals surface area (Å²) in [6.45, 7) is 4.00. The molecule has 1 atom stereocenters. The highest BCUT2D eigenvalue weighted by Crippen LogP contribution is 2.33. The summed E-state index contributed by atoms with van der Waals surface area (Å²) in [5.74, 6) is 0.638. The zero-order valence-corrected chi connectivity index (χ0v) is 19.5. The van der Waals surface area contributed by atoms with Crippen LogP contribution in [0.1, 0.15) is 42.1 Å². The molecule has 0 amide bonds. The van der Waals surface area contributed by atoms with Gasteiger partial charge in [0.25, 0.3) is 0 Å². The molecule has 1 unspecified atom stereocenters. The van der Waals surface area contributed by atoms with Gasteiger partial charge >= 0.3 is 0 Å². The predicted molar refractivity (Wildman–Crippen MR) is 131 cm³/mol. The van der Waals surface area contributed by atoms with Crippen LogP contribution in [0.3, 0.4) is 0 Å². The van der Waals surface area contributed by atoms with Crippen molar-refractivity contribution >= 4 is 22.7 Å². The molecule has 0 radical (unpaired) electrons. The van der Waals surface area contributed by atoms with Crippen molar-refractivity contribution in [1.82, 2.24) is 24.4 Å². The Labute approximate surface area is 197 Å². The Morgan fingerprint density at radius 2 is 1.94 bits per heavy atom. The Kier molecular flexibility index (Phi) is 4.89. The molecule has 0 saturated heterocycles. The molecule has 1 aliphatic carbocycles. The number of benzene rings is 1. The number of aryl methyl sites for hydroxylation is 1. The van der Waals surface area contributed by atoms with E-state index in [1.54, 1.807) is 4.57 Å². The van der Waals surface area contributed by atoms with Gasteiger partial charge in [-0.15, -0.1) is 0 Å². The first-order valence-corrected chi connectivity index (χ1v) is 11.8. The number of hydrogen-bond donors (Lipinski definition) is 2. The highest BCUT2D eigenvalue weighted by Gasteiger charge is 2.30. The number of fused-ring (bicyclic) bond motifs is 3. The van der Waals surface area contributed by atoms with Crippen molar-refractivity contribution in [3.63, 3.8) is 0 Å². The molecule has 1 aromatic carbocycles. The van der Waals surface area contributed by atoms with Gasteiger partial charge in [-0.2, -0.15) is 4.98 Å². The van der Waals surface area contributed by atoms with Crippen LogP contribution in [-0.2, 0) is 24.9 Å². The Hall–Kier alpha value is -3.36. The van der Waals surface area contributed by atoms with Crippen molar-refractivity contribution in [2.75, 3.05) is 18.9 Å². The number of likely N-dealkylation sites (N-methyl/N-ethyl adjacent to an activating group) is 1. The number of halogens is 1. The molecule has 7 nitrogen and oxygen atoms in total. The third-order valence-electron chi connectivity index (χ3n) is 7.06. The van der Waals surface area contributed by atoms with Crippen molar-refractivity contribution in [1.29, 1.82) is 0 Å². The quantitative estimate of drug-likeness (QED) is 0.480. The van der Waals surface area contributed by atoms with E-state index in [0.29, 0.717) is 22.8 Å². The number of rotatable bonds is 3. The molecule has 34 heavy (non-hydrogen) atoms. The fourth-order valence-electron chi connectivity index (χ4n) is 5.18. The summed E-state index contributed by atoms with van der Waals surface area (Å²) >= 11 is 0. The fraction of sp³-hybridized carbons (Fsp3) is 0.346. The maximum absolute atomic E-state index is 14.8. The average Bonchev–Trinajstić information content (AvgIpc) is 3.14. The SMILES string of the molecule is CN1CCc2ccc(Nc3ncc4c(F)cn(-c5ccc6c(n5)C(C)(N)CCC6)c4n3)cc2C1.